The van der Waals surface area contributed by atoms with Crippen molar-refractivity contribution in [2.24, 2.45) is 0 Å². The largest absolute Gasteiger partial charge is 0.379 e. The van der Waals surface area contributed by atoms with Crippen molar-refractivity contribution in [2.45, 2.75) is 13.1 Å². The first-order valence-corrected chi connectivity index (χ1v) is 9.07. The van der Waals surface area contributed by atoms with Gasteiger partial charge in [-0.3, -0.25) is 4.90 Å². The topological polar surface area (TPSA) is 50.3 Å². The van der Waals surface area contributed by atoms with Crippen molar-refractivity contribution in [3.8, 4) is 0 Å². The zero-order valence-corrected chi connectivity index (χ0v) is 14.3. The van der Waals surface area contributed by atoms with E-state index in [0.717, 1.165) is 55.4 Å². The third-order valence-electron chi connectivity index (χ3n) is 4.31. The summed E-state index contributed by atoms with van der Waals surface area (Å²) in [4.78, 5) is 11.1. The highest BCUT2D eigenvalue weighted by molar-refractivity contribution is 7.17. The van der Waals surface area contributed by atoms with Crippen LogP contribution < -0.4 is 5.32 Å². The number of hydrogen-bond donors (Lipinski definition) is 1. The van der Waals surface area contributed by atoms with Crippen molar-refractivity contribution in [3.63, 3.8) is 0 Å². The first-order chi connectivity index (χ1) is 11.9. The molecule has 0 radical (unpaired) electrons. The molecule has 1 aromatic carbocycles. The van der Waals surface area contributed by atoms with E-state index >= 15 is 0 Å². The highest BCUT2D eigenvalue weighted by Crippen LogP contribution is 2.25. The molecule has 5 nitrogen and oxygen atoms in total. The number of nitrogens with one attached hydrogen (secondary N) is 1. The first kappa shape index (κ1) is 15.5. The maximum absolute atomic E-state index is 5.44. The summed E-state index contributed by atoms with van der Waals surface area (Å²) >= 11 is 1.67. The minimum Gasteiger partial charge on any atom is -0.379 e. The molecule has 0 bridgehead atoms. The zero-order chi connectivity index (χ0) is 16.2. The third kappa shape index (κ3) is 3.40. The Hall–Kier alpha value is -2.02. The SMILES string of the molecule is c1ccc(CN2CCOCC2)c(CNc2ncnc3ccsc23)c1. The number of anilines is 1. The molecule has 1 fully saturated rings. The summed E-state index contributed by atoms with van der Waals surface area (Å²) in [5, 5.41) is 5.54. The van der Waals surface area contributed by atoms with Crippen LogP contribution in [0.15, 0.2) is 42.0 Å². The molecule has 3 aromatic rings. The number of hydrogen-bond acceptors (Lipinski definition) is 6. The highest BCUT2D eigenvalue weighted by Gasteiger charge is 2.13. The molecule has 0 saturated carbocycles. The van der Waals surface area contributed by atoms with Gasteiger partial charge in [-0.25, -0.2) is 9.97 Å². The van der Waals surface area contributed by atoms with E-state index in [1.807, 2.05) is 6.07 Å². The Balaban J connectivity index is 1.49. The normalized spacial score (nSPS) is 15.7. The maximum atomic E-state index is 5.44. The summed E-state index contributed by atoms with van der Waals surface area (Å²) in [6, 6.07) is 10.6. The molecule has 124 valence electrons. The summed E-state index contributed by atoms with van der Waals surface area (Å²) in [6.07, 6.45) is 1.62. The fourth-order valence-electron chi connectivity index (χ4n) is 2.98. The second-order valence-electron chi connectivity index (χ2n) is 5.87. The molecule has 2 aromatic heterocycles. The van der Waals surface area contributed by atoms with Crippen molar-refractivity contribution in [1.82, 2.24) is 14.9 Å². The average Bonchev–Trinajstić information content (AvgIpc) is 3.11. The Morgan fingerprint density at radius 3 is 2.79 bits per heavy atom. The predicted octanol–water partition coefficient (Wildman–Crippen LogP) is 3.14. The number of fused-ring (bicyclic) bond motifs is 1. The second kappa shape index (κ2) is 7.25. The summed E-state index contributed by atoms with van der Waals surface area (Å²) in [5.41, 5.74) is 3.68. The van der Waals surface area contributed by atoms with Crippen molar-refractivity contribution in [3.05, 3.63) is 53.2 Å². The van der Waals surface area contributed by atoms with Crippen molar-refractivity contribution in [1.29, 1.82) is 0 Å². The fourth-order valence-corrected chi connectivity index (χ4v) is 3.79. The van der Waals surface area contributed by atoms with Gasteiger partial charge in [-0.05, 0) is 22.6 Å². The van der Waals surface area contributed by atoms with Crippen LogP contribution in [0, 0.1) is 0 Å². The third-order valence-corrected chi connectivity index (χ3v) is 5.22. The van der Waals surface area contributed by atoms with Gasteiger partial charge >= 0.3 is 0 Å². The van der Waals surface area contributed by atoms with Crippen LogP contribution in [0.5, 0.6) is 0 Å². The first-order valence-electron chi connectivity index (χ1n) is 8.19. The van der Waals surface area contributed by atoms with Gasteiger partial charge in [0.05, 0.1) is 23.4 Å². The number of rotatable bonds is 5. The van der Waals surface area contributed by atoms with Gasteiger partial charge in [0.25, 0.3) is 0 Å². The summed E-state index contributed by atoms with van der Waals surface area (Å²) in [5.74, 6) is 0.913. The quantitative estimate of drug-likeness (QED) is 0.773. The molecule has 1 N–H and O–H groups in total. The van der Waals surface area contributed by atoms with Crippen molar-refractivity contribution < 1.29 is 4.74 Å². The van der Waals surface area contributed by atoms with E-state index in [2.05, 4.69) is 49.8 Å². The molecule has 0 unspecified atom stereocenters. The van der Waals surface area contributed by atoms with Crippen LogP contribution in [0.1, 0.15) is 11.1 Å². The molecule has 0 amide bonds. The molecule has 1 saturated heterocycles. The predicted molar refractivity (Wildman–Crippen MR) is 97.3 cm³/mol. The molecule has 1 aliphatic rings. The molecular weight excluding hydrogens is 320 g/mol. The number of nitrogens with zero attached hydrogens (tertiary/aromatic N) is 3. The molecule has 0 spiro atoms. The summed E-state index contributed by atoms with van der Waals surface area (Å²) < 4.78 is 6.55. The number of aromatic nitrogens is 2. The van der Waals surface area contributed by atoms with E-state index in [0.29, 0.717) is 0 Å². The van der Waals surface area contributed by atoms with Crippen molar-refractivity contribution in [2.75, 3.05) is 31.6 Å². The molecular formula is C18H20N4OS. The van der Waals surface area contributed by atoms with Gasteiger partial charge in [0, 0.05) is 26.2 Å². The molecule has 24 heavy (non-hydrogen) atoms. The van der Waals surface area contributed by atoms with Crippen LogP contribution in [0.2, 0.25) is 0 Å². The van der Waals surface area contributed by atoms with Crippen LogP contribution in [0.4, 0.5) is 5.82 Å². The average molecular weight is 340 g/mol. The summed E-state index contributed by atoms with van der Waals surface area (Å²) in [6.45, 7) is 5.41. The van der Waals surface area contributed by atoms with Gasteiger partial charge in [-0.15, -0.1) is 11.3 Å². The molecule has 4 rings (SSSR count). The van der Waals surface area contributed by atoms with E-state index in [-0.39, 0.29) is 0 Å². The lowest BCUT2D eigenvalue weighted by Gasteiger charge is -2.27. The molecule has 0 atom stereocenters. The van der Waals surface area contributed by atoms with Crippen LogP contribution in [0.3, 0.4) is 0 Å². The van der Waals surface area contributed by atoms with Crippen molar-refractivity contribution >= 4 is 27.4 Å². The van der Waals surface area contributed by atoms with E-state index in [1.54, 1.807) is 17.7 Å². The lowest BCUT2D eigenvalue weighted by Crippen LogP contribution is -2.35. The van der Waals surface area contributed by atoms with Gasteiger partial charge in [0.15, 0.2) is 0 Å². The number of benzene rings is 1. The van der Waals surface area contributed by atoms with E-state index in [4.69, 9.17) is 4.74 Å². The standard InChI is InChI=1S/C18H20N4OS/c1-2-4-15(12-22-6-8-23-9-7-22)14(3-1)11-19-18-17-16(5-10-24-17)20-13-21-18/h1-5,10,13H,6-9,11-12H2,(H,19,20,21). The molecule has 1 aliphatic heterocycles. The van der Waals surface area contributed by atoms with Gasteiger partial charge in [0.2, 0.25) is 0 Å². The highest BCUT2D eigenvalue weighted by atomic mass is 32.1. The van der Waals surface area contributed by atoms with Gasteiger partial charge in [0.1, 0.15) is 12.1 Å². The number of morpholine rings is 1. The minimum absolute atomic E-state index is 0.768. The molecule has 0 aliphatic carbocycles. The number of ether oxygens (including phenoxy) is 1. The van der Waals surface area contributed by atoms with E-state index < -0.39 is 0 Å². The Kier molecular flexibility index (Phi) is 4.69. The Bertz CT molecular complexity index is 813. The Morgan fingerprint density at radius 2 is 1.92 bits per heavy atom. The monoisotopic (exact) mass is 340 g/mol. The zero-order valence-electron chi connectivity index (χ0n) is 13.4. The van der Waals surface area contributed by atoms with Gasteiger partial charge in [-0.1, -0.05) is 24.3 Å². The van der Waals surface area contributed by atoms with Crippen LogP contribution >= 0.6 is 11.3 Å². The Morgan fingerprint density at radius 1 is 1.08 bits per heavy atom. The van der Waals surface area contributed by atoms with E-state index in [1.165, 1.54) is 11.1 Å². The van der Waals surface area contributed by atoms with Crippen LogP contribution in [0.25, 0.3) is 10.2 Å². The molecule has 6 heteroatoms. The van der Waals surface area contributed by atoms with Crippen LogP contribution in [-0.2, 0) is 17.8 Å². The van der Waals surface area contributed by atoms with Gasteiger partial charge < -0.3 is 10.1 Å². The fraction of sp³-hybridized carbons (Fsp3) is 0.333. The second-order valence-corrected chi connectivity index (χ2v) is 6.78. The van der Waals surface area contributed by atoms with E-state index in [9.17, 15) is 0 Å². The molecule has 3 heterocycles. The maximum Gasteiger partial charge on any atom is 0.147 e. The smallest absolute Gasteiger partial charge is 0.147 e. The minimum atomic E-state index is 0.768. The lowest BCUT2D eigenvalue weighted by atomic mass is 10.1. The Labute approximate surface area is 145 Å². The summed E-state index contributed by atoms with van der Waals surface area (Å²) in [7, 11) is 0. The van der Waals surface area contributed by atoms with Crippen LogP contribution in [-0.4, -0.2) is 41.2 Å². The lowest BCUT2D eigenvalue weighted by molar-refractivity contribution is 0.0341. The van der Waals surface area contributed by atoms with Gasteiger partial charge in [-0.2, -0.15) is 0 Å². The number of thiophene rings is 1.